The number of amides is 1. The number of carbonyl (C=O) groups excluding carboxylic acids is 1. The van der Waals surface area contributed by atoms with Crippen LogP contribution in [0.4, 0.5) is 4.39 Å². The summed E-state index contributed by atoms with van der Waals surface area (Å²) in [4.78, 5) is 11.7. The molecule has 1 fully saturated rings. The molecule has 116 valence electrons. The summed E-state index contributed by atoms with van der Waals surface area (Å²) < 4.78 is 36.6. The van der Waals surface area contributed by atoms with Crippen LogP contribution in [0.2, 0.25) is 0 Å². The molecule has 1 aromatic rings. The predicted molar refractivity (Wildman–Crippen MR) is 78.5 cm³/mol. The molecule has 0 heterocycles. The first-order valence-corrected chi connectivity index (χ1v) is 8.96. The van der Waals surface area contributed by atoms with Crippen LogP contribution >= 0.6 is 10.7 Å². The molecule has 0 radical (unpaired) electrons. The van der Waals surface area contributed by atoms with Crippen LogP contribution in [0, 0.1) is 18.2 Å². The normalized spacial score (nSPS) is 17.1. The van der Waals surface area contributed by atoms with Crippen LogP contribution in [0.5, 0.6) is 0 Å². The third kappa shape index (κ3) is 3.55. The molecule has 1 N–H and O–H groups in total. The summed E-state index contributed by atoms with van der Waals surface area (Å²) in [5.41, 5.74) is -0.0481. The summed E-state index contributed by atoms with van der Waals surface area (Å²) in [5.74, 6) is -1.26. The van der Waals surface area contributed by atoms with Crippen LogP contribution in [-0.4, -0.2) is 20.9 Å². The molecule has 4 nitrogen and oxygen atoms in total. The van der Waals surface area contributed by atoms with Crippen LogP contribution < -0.4 is 5.32 Å². The lowest BCUT2D eigenvalue weighted by molar-refractivity contribution is 0.0890. The smallest absolute Gasteiger partial charge is 0.261 e. The molecule has 0 atom stereocenters. The van der Waals surface area contributed by atoms with Crippen molar-refractivity contribution in [1.29, 1.82) is 0 Å². The van der Waals surface area contributed by atoms with E-state index < -0.39 is 20.8 Å². The van der Waals surface area contributed by atoms with E-state index in [1.54, 1.807) is 0 Å². The van der Waals surface area contributed by atoms with Crippen LogP contribution in [0.1, 0.15) is 42.1 Å². The van der Waals surface area contributed by atoms with Gasteiger partial charge in [0.2, 0.25) is 0 Å². The number of nitrogens with one attached hydrogen (secondary N) is 1. The van der Waals surface area contributed by atoms with Crippen LogP contribution in [0.25, 0.3) is 0 Å². The fraction of sp³-hybridized carbons (Fsp3) is 0.500. The van der Waals surface area contributed by atoms with Gasteiger partial charge in [0.1, 0.15) is 5.82 Å². The van der Waals surface area contributed by atoms with Gasteiger partial charge in [0.25, 0.3) is 15.0 Å². The number of benzene rings is 1. The fourth-order valence-electron chi connectivity index (χ4n) is 2.39. The zero-order chi connectivity index (χ0) is 15.8. The molecule has 1 amide bonds. The molecule has 0 aliphatic heterocycles. The average Bonchev–Trinajstić information content (AvgIpc) is 2.35. The third-order valence-corrected chi connectivity index (χ3v) is 5.51. The van der Waals surface area contributed by atoms with Crippen molar-refractivity contribution in [2.45, 2.75) is 38.0 Å². The van der Waals surface area contributed by atoms with Gasteiger partial charge in [0, 0.05) is 28.4 Å². The largest absolute Gasteiger partial charge is 0.351 e. The van der Waals surface area contributed by atoms with Crippen molar-refractivity contribution < 1.29 is 17.6 Å². The Morgan fingerprint density at radius 2 is 2.05 bits per heavy atom. The molecule has 0 spiro atoms. The minimum absolute atomic E-state index is 0.0414. The Kier molecular flexibility index (Phi) is 4.31. The van der Waals surface area contributed by atoms with Gasteiger partial charge >= 0.3 is 0 Å². The summed E-state index contributed by atoms with van der Waals surface area (Å²) >= 11 is 0. The van der Waals surface area contributed by atoms with E-state index in [0.29, 0.717) is 6.54 Å². The Balaban J connectivity index is 2.23. The van der Waals surface area contributed by atoms with Crippen molar-refractivity contribution >= 4 is 25.6 Å². The molecule has 0 aromatic heterocycles. The lowest BCUT2D eigenvalue weighted by Crippen LogP contribution is -2.40. The maximum atomic E-state index is 13.8. The molecule has 0 unspecified atom stereocenters. The SMILES string of the molecule is Cc1c(F)cc(C(=O)NCC2(C)CCC2)cc1S(=O)(=O)Cl. The van der Waals surface area contributed by atoms with Crippen molar-refractivity contribution in [3.63, 3.8) is 0 Å². The molecule has 1 aromatic carbocycles. The highest BCUT2D eigenvalue weighted by Crippen LogP contribution is 2.39. The van der Waals surface area contributed by atoms with Crippen molar-refractivity contribution in [2.24, 2.45) is 5.41 Å². The minimum Gasteiger partial charge on any atom is -0.351 e. The Morgan fingerprint density at radius 3 is 2.52 bits per heavy atom. The van der Waals surface area contributed by atoms with E-state index >= 15 is 0 Å². The van der Waals surface area contributed by atoms with Gasteiger partial charge in [-0.25, -0.2) is 12.8 Å². The third-order valence-electron chi connectivity index (χ3n) is 4.06. The van der Waals surface area contributed by atoms with Crippen LogP contribution in [-0.2, 0) is 9.05 Å². The lowest BCUT2D eigenvalue weighted by atomic mass is 9.70. The van der Waals surface area contributed by atoms with E-state index in [-0.39, 0.29) is 21.4 Å². The Morgan fingerprint density at radius 1 is 1.43 bits per heavy atom. The first kappa shape index (κ1) is 16.2. The summed E-state index contributed by atoms with van der Waals surface area (Å²) in [6.07, 6.45) is 3.22. The van der Waals surface area contributed by atoms with Gasteiger partial charge < -0.3 is 5.32 Å². The first-order valence-electron chi connectivity index (χ1n) is 6.65. The summed E-state index contributed by atoms with van der Waals surface area (Å²) in [6, 6.07) is 2.14. The molecule has 2 rings (SSSR count). The molecule has 7 heteroatoms. The number of hydrogen-bond donors (Lipinski definition) is 1. The lowest BCUT2D eigenvalue weighted by Gasteiger charge is -2.38. The van der Waals surface area contributed by atoms with E-state index in [0.717, 1.165) is 31.4 Å². The molecule has 1 aliphatic carbocycles. The van der Waals surface area contributed by atoms with Crippen molar-refractivity contribution in [3.05, 3.63) is 29.1 Å². The second kappa shape index (κ2) is 5.57. The monoisotopic (exact) mass is 333 g/mol. The summed E-state index contributed by atoms with van der Waals surface area (Å²) in [6.45, 7) is 3.87. The van der Waals surface area contributed by atoms with E-state index in [1.165, 1.54) is 6.92 Å². The fourth-order valence-corrected chi connectivity index (χ4v) is 3.60. The topological polar surface area (TPSA) is 63.2 Å². The molecular formula is C14H17ClFNO3S. The van der Waals surface area contributed by atoms with Gasteiger partial charge in [-0.3, -0.25) is 4.79 Å². The number of hydrogen-bond acceptors (Lipinski definition) is 3. The second-order valence-corrected chi connectivity index (χ2v) is 8.40. The number of halogens is 2. The highest BCUT2D eigenvalue weighted by molar-refractivity contribution is 8.13. The van der Waals surface area contributed by atoms with Crippen LogP contribution in [0.3, 0.4) is 0 Å². The first-order chi connectivity index (χ1) is 9.62. The molecule has 21 heavy (non-hydrogen) atoms. The zero-order valence-electron chi connectivity index (χ0n) is 11.9. The van der Waals surface area contributed by atoms with Crippen LogP contribution in [0.15, 0.2) is 17.0 Å². The maximum Gasteiger partial charge on any atom is 0.261 e. The van der Waals surface area contributed by atoms with E-state index in [4.69, 9.17) is 10.7 Å². The van der Waals surface area contributed by atoms with Gasteiger partial charge in [0.15, 0.2) is 0 Å². The Hall–Kier alpha value is -1.14. The van der Waals surface area contributed by atoms with Gasteiger partial charge in [-0.1, -0.05) is 13.3 Å². The average molecular weight is 334 g/mol. The molecular weight excluding hydrogens is 317 g/mol. The quantitative estimate of drug-likeness (QED) is 0.861. The van der Waals surface area contributed by atoms with Gasteiger partial charge in [-0.2, -0.15) is 0 Å². The zero-order valence-corrected chi connectivity index (χ0v) is 13.4. The molecule has 1 aliphatic rings. The number of rotatable bonds is 4. The maximum absolute atomic E-state index is 13.8. The van der Waals surface area contributed by atoms with Crippen molar-refractivity contribution in [2.75, 3.05) is 6.54 Å². The highest BCUT2D eigenvalue weighted by Gasteiger charge is 2.32. The van der Waals surface area contributed by atoms with Crippen molar-refractivity contribution in [1.82, 2.24) is 5.32 Å². The predicted octanol–water partition coefficient (Wildman–Crippen LogP) is 2.98. The van der Waals surface area contributed by atoms with E-state index in [1.807, 2.05) is 0 Å². The number of carbonyl (C=O) groups is 1. The van der Waals surface area contributed by atoms with E-state index in [2.05, 4.69) is 12.2 Å². The van der Waals surface area contributed by atoms with Gasteiger partial charge in [-0.15, -0.1) is 0 Å². The summed E-state index contributed by atoms with van der Waals surface area (Å²) in [5, 5.41) is 2.72. The minimum atomic E-state index is -4.10. The molecule has 0 bridgehead atoms. The summed E-state index contributed by atoms with van der Waals surface area (Å²) in [7, 11) is 1.17. The van der Waals surface area contributed by atoms with Gasteiger partial charge in [0.05, 0.1) is 4.90 Å². The standard InChI is InChI=1S/C14H17ClFNO3S/c1-9-11(16)6-10(7-12(9)21(15,19)20)13(18)17-8-14(2)4-3-5-14/h6-7H,3-5,8H2,1-2H3,(H,17,18). The second-order valence-electron chi connectivity index (χ2n) is 5.87. The van der Waals surface area contributed by atoms with Gasteiger partial charge in [-0.05, 0) is 37.3 Å². The Bertz CT molecular complexity index is 684. The molecule has 1 saturated carbocycles. The van der Waals surface area contributed by atoms with Crippen molar-refractivity contribution in [3.8, 4) is 0 Å². The molecule has 0 saturated heterocycles. The Labute approximate surface area is 128 Å². The highest BCUT2D eigenvalue weighted by atomic mass is 35.7. The van der Waals surface area contributed by atoms with E-state index in [9.17, 15) is 17.6 Å².